The van der Waals surface area contributed by atoms with Crippen molar-refractivity contribution in [3.8, 4) is 0 Å². The molecule has 7 heteroatoms. The van der Waals surface area contributed by atoms with Gasteiger partial charge in [-0.1, -0.05) is 0 Å². The van der Waals surface area contributed by atoms with Gasteiger partial charge in [0.05, 0.1) is 11.5 Å². The molecule has 24 heavy (non-hydrogen) atoms. The Balaban J connectivity index is 1.84. The standard InChI is InChI=1S/C17H19FN2O4/c18-14-6-5-12(20-8-2-4-15(20)21)9-13(14)16(22)19-7-1-3-11(10-19)17(23)24/h5-6,9,11H,1-4,7-8,10H2,(H,23,24)/t11-/m1/s1. The zero-order chi connectivity index (χ0) is 17.3. The van der Waals surface area contributed by atoms with Gasteiger partial charge in [-0.05, 0) is 37.5 Å². The maximum absolute atomic E-state index is 14.1. The fourth-order valence-electron chi connectivity index (χ4n) is 3.30. The molecule has 2 amide bonds. The minimum atomic E-state index is -0.940. The van der Waals surface area contributed by atoms with Gasteiger partial charge in [-0.15, -0.1) is 0 Å². The third kappa shape index (κ3) is 3.11. The molecule has 2 heterocycles. The topological polar surface area (TPSA) is 77.9 Å². The van der Waals surface area contributed by atoms with Gasteiger partial charge in [-0.25, -0.2) is 4.39 Å². The van der Waals surface area contributed by atoms with Crippen LogP contribution in [-0.2, 0) is 9.59 Å². The van der Waals surface area contributed by atoms with Gasteiger partial charge in [-0.3, -0.25) is 14.4 Å². The summed E-state index contributed by atoms with van der Waals surface area (Å²) >= 11 is 0. The fourth-order valence-corrected chi connectivity index (χ4v) is 3.30. The number of nitrogens with zero attached hydrogens (tertiary/aromatic N) is 2. The number of carboxylic acid groups (broad SMARTS) is 1. The lowest BCUT2D eigenvalue weighted by Gasteiger charge is -2.31. The quantitative estimate of drug-likeness (QED) is 0.916. The molecule has 0 aliphatic carbocycles. The first-order valence-electron chi connectivity index (χ1n) is 8.09. The van der Waals surface area contributed by atoms with Gasteiger partial charge in [0.25, 0.3) is 5.91 Å². The fraction of sp³-hybridized carbons (Fsp3) is 0.471. The van der Waals surface area contributed by atoms with E-state index in [9.17, 15) is 18.8 Å². The van der Waals surface area contributed by atoms with Gasteiger partial charge in [-0.2, -0.15) is 0 Å². The molecule has 6 nitrogen and oxygen atoms in total. The van der Waals surface area contributed by atoms with Crippen LogP contribution in [0.1, 0.15) is 36.0 Å². The lowest BCUT2D eigenvalue weighted by atomic mass is 9.97. The number of aliphatic carboxylic acids is 1. The number of hydrogen-bond donors (Lipinski definition) is 1. The molecular weight excluding hydrogens is 315 g/mol. The SMILES string of the molecule is O=C(O)[C@@H]1CCCN(C(=O)c2cc(N3CCCC3=O)ccc2F)C1. The summed E-state index contributed by atoms with van der Waals surface area (Å²) < 4.78 is 14.1. The van der Waals surface area contributed by atoms with Crippen LogP contribution in [0, 0.1) is 11.7 Å². The Kier molecular flexibility index (Phi) is 4.51. The molecule has 128 valence electrons. The summed E-state index contributed by atoms with van der Waals surface area (Å²) in [5.41, 5.74) is 0.396. The molecular formula is C17H19FN2O4. The number of benzene rings is 1. The second kappa shape index (κ2) is 6.59. The minimum Gasteiger partial charge on any atom is -0.481 e. The Hall–Kier alpha value is -2.44. The van der Waals surface area contributed by atoms with Gasteiger partial charge < -0.3 is 14.9 Å². The van der Waals surface area contributed by atoms with E-state index in [4.69, 9.17) is 5.11 Å². The summed E-state index contributed by atoms with van der Waals surface area (Å²) in [7, 11) is 0. The monoisotopic (exact) mass is 334 g/mol. The van der Waals surface area contributed by atoms with E-state index in [2.05, 4.69) is 0 Å². The Morgan fingerprint density at radius 1 is 1.21 bits per heavy atom. The molecule has 1 aromatic carbocycles. The highest BCUT2D eigenvalue weighted by Gasteiger charge is 2.30. The third-order valence-electron chi connectivity index (χ3n) is 4.62. The molecule has 2 aliphatic rings. The van der Waals surface area contributed by atoms with Gasteiger partial charge in [0.2, 0.25) is 5.91 Å². The van der Waals surface area contributed by atoms with Gasteiger partial charge >= 0.3 is 5.97 Å². The summed E-state index contributed by atoms with van der Waals surface area (Å²) in [6, 6.07) is 4.07. The zero-order valence-electron chi connectivity index (χ0n) is 13.2. The van der Waals surface area contributed by atoms with Crippen LogP contribution in [-0.4, -0.2) is 47.4 Å². The Morgan fingerprint density at radius 2 is 2.00 bits per heavy atom. The van der Waals surface area contributed by atoms with Crippen LogP contribution < -0.4 is 4.90 Å². The van der Waals surface area contributed by atoms with Gasteiger partial charge in [0.15, 0.2) is 0 Å². The summed E-state index contributed by atoms with van der Waals surface area (Å²) in [6.45, 7) is 1.05. The first kappa shape index (κ1) is 16.4. The number of piperidine rings is 1. The predicted octanol–water partition coefficient (Wildman–Crippen LogP) is 1.89. The molecule has 0 unspecified atom stereocenters. The zero-order valence-corrected chi connectivity index (χ0v) is 13.2. The Labute approximate surface area is 138 Å². The largest absolute Gasteiger partial charge is 0.481 e. The second-order valence-corrected chi connectivity index (χ2v) is 6.24. The maximum Gasteiger partial charge on any atom is 0.308 e. The Morgan fingerprint density at radius 3 is 2.67 bits per heavy atom. The minimum absolute atomic E-state index is 0.0380. The molecule has 3 rings (SSSR count). The number of carbonyl (C=O) groups excluding carboxylic acids is 2. The van der Waals surface area contributed by atoms with Crippen LogP contribution in [0.4, 0.5) is 10.1 Å². The second-order valence-electron chi connectivity index (χ2n) is 6.24. The molecule has 0 radical (unpaired) electrons. The van der Waals surface area contributed by atoms with Crippen LogP contribution in [0.15, 0.2) is 18.2 Å². The number of rotatable bonds is 3. The third-order valence-corrected chi connectivity index (χ3v) is 4.62. The lowest BCUT2D eigenvalue weighted by molar-refractivity contribution is -0.143. The van der Waals surface area contributed by atoms with Crippen LogP contribution in [0.3, 0.4) is 0 Å². The molecule has 1 N–H and O–H groups in total. The number of likely N-dealkylation sites (tertiary alicyclic amines) is 1. The Bertz CT molecular complexity index is 691. The van der Waals surface area contributed by atoms with E-state index in [1.807, 2.05) is 0 Å². The summed E-state index contributed by atoms with van der Waals surface area (Å²) in [4.78, 5) is 38.5. The number of hydrogen-bond acceptors (Lipinski definition) is 3. The normalized spacial score (nSPS) is 21.2. The number of anilines is 1. The van der Waals surface area contributed by atoms with Crippen LogP contribution in [0.25, 0.3) is 0 Å². The van der Waals surface area contributed by atoms with E-state index >= 15 is 0 Å². The van der Waals surface area contributed by atoms with Crippen molar-refractivity contribution in [2.75, 3.05) is 24.5 Å². The first-order valence-corrected chi connectivity index (χ1v) is 8.09. The van der Waals surface area contributed by atoms with Crippen molar-refractivity contribution in [3.63, 3.8) is 0 Å². The van der Waals surface area contributed by atoms with Crippen molar-refractivity contribution in [1.29, 1.82) is 0 Å². The van der Waals surface area contributed by atoms with E-state index in [0.29, 0.717) is 38.0 Å². The van der Waals surface area contributed by atoms with Crippen molar-refractivity contribution in [1.82, 2.24) is 4.90 Å². The smallest absolute Gasteiger partial charge is 0.308 e. The maximum atomic E-state index is 14.1. The average Bonchev–Trinajstić information content (AvgIpc) is 3.01. The predicted molar refractivity (Wildman–Crippen MR) is 84.3 cm³/mol. The molecule has 1 aromatic rings. The van der Waals surface area contributed by atoms with Crippen molar-refractivity contribution in [3.05, 3.63) is 29.6 Å². The first-order chi connectivity index (χ1) is 11.5. The van der Waals surface area contributed by atoms with Gasteiger partial charge in [0.1, 0.15) is 5.82 Å². The van der Waals surface area contributed by atoms with Crippen molar-refractivity contribution < 1.29 is 23.9 Å². The van der Waals surface area contributed by atoms with Crippen molar-refractivity contribution in [2.45, 2.75) is 25.7 Å². The highest BCUT2D eigenvalue weighted by Crippen LogP contribution is 2.26. The number of halogens is 1. The summed E-state index contributed by atoms with van der Waals surface area (Å²) in [5, 5.41) is 9.12. The number of carbonyl (C=O) groups is 3. The highest BCUT2D eigenvalue weighted by atomic mass is 19.1. The number of amides is 2. The van der Waals surface area contributed by atoms with E-state index in [1.54, 1.807) is 4.90 Å². The van der Waals surface area contributed by atoms with Gasteiger partial charge in [0, 0.05) is 31.7 Å². The highest BCUT2D eigenvalue weighted by molar-refractivity contribution is 5.99. The van der Waals surface area contributed by atoms with Crippen molar-refractivity contribution in [2.24, 2.45) is 5.92 Å². The lowest BCUT2D eigenvalue weighted by Crippen LogP contribution is -2.42. The van der Waals surface area contributed by atoms with E-state index in [1.165, 1.54) is 23.1 Å². The van der Waals surface area contributed by atoms with E-state index in [-0.39, 0.29) is 18.0 Å². The molecule has 0 spiro atoms. The summed E-state index contributed by atoms with van der Waals surface area (Å²) in [6.07, 6.45) is 2.29. The average molecular weight is 334 g/mol. The number of carboxylic acids is 1. The molecule has 0 aromatic heterocycles. The van der Waals surface area contributed by atoms with E-state index in [0.717, 1.165) is 6.42 Å². The van der Waals surface area contributed by atoms with Crippen LogP contribution in [0.2, 0.25) is 0 Å². The molecule has 0 saturated carbocycles. The van der Waals surface area contributed by atoms with E-state index < -0.39 is 23.6 Å². The molecule has 2 saturated heterocycles. The molecule has 2 fully saturated rings. The molecule has 1 atom stereocenters. The van der Waals surface area contributed by atoms with Crippen LogP contribution >= 0.6 is 0 Å². The molecule has 0 bridgehead atoms. The molecule has 2 aliphatic heterocycles. The summed E-state index contributed by atoms with van der Waals surface area (Å²) in [5.74, 6) is -2.78. The van der Waals surface area contributed by atoms with Crippen LogP contribution in [0.5, 0.6) is 0 Å². The van der Waals surface area contributed by atoms with Crippen molar-refractivity contribution >= 4 is 23.5 Å².